The van der Waals surface area contributed by atoms with Crippen LogP contribution in [0.1, 0.15) is 32.3 Å². The largest absolute Gasteiger partial charge is 0.493 e. The lowest BCUT2D eigenvalue weighted by Crippen LogP contribution is -2.11. The first-order valence-corrected chi connectivity index (χ1v) is 7.17. The van der Waals surface area contributed by atoms with E-state index in [1.54, 1.807) is 0 Å². The summed E-state index contributed by atoms with van der Waals surface area (Å²) in [4.78, 5) is 0. The van der Waals surface area contributed by atoms with Crippen LogP contribution in [-0.4, -0.2) is 20.4 Å². The molecule has 5 nitrogen and oxygen atoms in total. The number of nitriles is 1. The molecule has 114 valence electrons. The topological polar surface area (TPSA) is 63.5 Å². The van der Waals surface area contributed by atoms with E-state index in [1.807, 2.05) is 33.0 Å². The van der Waals surface area contributed by atoms with Gasteiger partial charge in [0.05, 0.1) is 18.1 Å². The second kappa shape index (κ2) is 6.68. The van der Waals surface area contributed by atoms with E-state index in [-0.39, 0.29) is 12.2 Å². The molecule has 0 spiro atoms. The van der Waals surface area contributed by atoms with Crippen LogP contribution in [0.3, 0.4) is 0 Å². The third-order valence-corrected chi connectivity index (χ3v) is 3.43. The quantitative estimate of drug-likeness (QED) is 0.782. The summed E-state index contributed by atoms with van der Waals surface area (Å²) in [6.07, 6.45) is 1.66. The number of fused-ring (bicyclic) bond motifs is 1. The molecule has 1 aromatic carbocycles. The molecule has 0 radical (unpaired) electrons. The molecule has 0 atom stereocenters. The van der Waals surface area contributed by atoms with Gasteiger partial charge in [-0.25, -0.2) is 0 Å². The van der Waals surface area contributed by atoms with E-state index in [2.05, 4.69) is 11.4 Å². The van der Waals surface area contributed by atoms with Crippen LogP contribution >= 0.6 is 0 Å². The van der Waals surface area contributed by atoms with E-state index < -0.39 is 0 Å². The van der Waals surface area contributed by atoms with Gasteiger partial charge < -0.3 is 19.5 Å². The van der Waals surface area contributed by atoms with E-state index in [0.29, 0.717) is 13.2 Å². The van der Waals surface area contributed by atoms with Crippen LogP contribution in [0.25, 0.3) is 0 Å². The maximum Gasteiger partial charge on any atom is 0.231 e. The first-order valence-electron chi connectivity index (χ1n) is 7.17. The van der Waals surface area contributed by atoms with Crippen molar-refractivity contribution in [3.8, 4) is 23.3 Å². The van der Waals surface area contributed by atoms with E-state index >= 15 is 0 Å². The first kappa shape index (κ1) is 15.5. The Morgan fingerprint density at radius 2 is 2.05 bits per heavy atom. The fourth-order valence-corrected chi connectivity index (χ4v) is 2.18. The van der Waals surface area contributed by atoms with Gasteiger partial charge in [0, 0.05) is 18.2 Å². The first-order chi connectivity index (χ1) is 10.1. The summed E-state index contributed by atoms with van der Waals surface area (Å²) >= 11 is 0. The standard InChI is InChI=1S/C16H22N2O3/c1-16(2,10-17)5-4-6-19-13-8-15-14(20-11-21-15)7-12(13)9-18-3/h7-8,18H,4-6,9,11H2,1-3H3. The minimum atomic E-state index is -0.300. The molecule has 2 rings (SSSR count). The van der Waals surface area contributed by atoms with Crippen LogP contribution in [-0.2, 0) is 6.54 Å². The van der Waals surface area contributed by atoms with Gasteiger partial charge in [0.25, 0.3) is 0 Å². The Bertz CT molecular complexity index is 535. The van der Waals surface area contributed by atoms with Crippen LogP contribution < -0.4 is 19.5 Å². The predicted molar refractivity (Wildman–Crippen MR) is 79.5 cm³/mol. The molecule has 0 saturated carbocycles. The van der Waals surface area contributed by atoms with Crippen LogP contribution in [0.2, 0.25) is 0 Å². The van der Waals surface area contributed by atoms with Gasteiger partial charge in [-0.3, -0.25) is 0 Å². The molecule has 0 saturated heterocycles. The van der Waals surface area contributed by atoms with Crippen LogP contribution in [0, 0.1) is 16.7 Å². The van der Waals surface area contributed by atoms with Crippen LogP contribution in [0.5, 0.6) is 17.2 Å². The van der Waals surface area contributed by atoms with Gasteiger partial charge >= 0.3 is 0 Å². The van der Waals surface area contributed by atoms with Crippen molar-refractivity contribution in [1.82, 2.24) is 5.32 Å². The molecule has 0 fully saturated rings. The van der Waals surface area contributed by atoms with Crippen LogP contribution in [0.15, 0.2) is 12.1 Å². The molecular weight excluding hydrogens is 268 g/mol. The number of hydrogen-bond donors (Lipinski definition) is 1. The predicted octanol–water partition coefficient (Wildman–Crippen LogP) is 2.84. The summed E-state index contributed by atoms with van der Waals surface area (Å²) in [5.41, 5.74) is 0.743. The molecular formula is C16H22N2O3. The van der Waals surface area contributed by atoms with Gasteiger partial charge in [-0.15, -0.1) is 0 Å². The molecule has 1 heterocycles. The summed E-state index contributed by atoms with van der Waals surface area (Å²) in [6, 6.07) is 6.13. The van der Waals surface area contributed by atoms with Gasteiger partial charge in [-0.1, -0.05) is 0 Å². The molecule has 0 bridgehead atoms. The van der Waals surface area contributed by atoms with Crippen molar-refractivity contribution in [1.29, 1.82) is 5.26 Å². The maximum atomic E-state index is 9.00. The average molecular weight is 290 g/mol. The monoisotopic (exact) mass is 290 g/mol. The van der Waals surface area contributed by atoms with Gasteiger partial charge in [-0.05, 0) is 39.8 Å². The number of nitrogens with zero attached hydrogens (tertiary/aromatic N) is 1. The summed E-state index contributed by atoms with van der Waals surface area (Å²) in [5.74, 6) is 2.30. The molecule has 1 aliphatic heterocycles. The Balaban J connectivity index is 1.97. The average Bonchev–Trinajstić information content (AvgIpc) is 2.91. The number of benzene rings is 1. The molecule has 1 aromatic rings. The number of hydrogen-bond acceptors (Lipinski definition) is 5. The zero-order valence-electron chi connectivity index (χ0n) is 12.9. The highest BCUT2D eigenvalue weighted by molar-refractivity contribution is 5.51. The zero-order chi connectivity index (χ0) is 15.3. The zero-order valence-corrected chi connectivity index (χ0v) is 12.9. The smallest absolute Gasteiger partial charge is 0.231 e. The molecule has 1 aliphatic rings. The lowest BCUT2D eigenvalue weighted by atomic mass is 9.90. The van der Waals surface area contributed by atoms with Gasteiger partial charge in [0.1, 0.15) is 5.75 Å². The molecule has 1 N–H and O–H groups in total. The van der Waals surface area contributed by atoms with Gasteiger partial charge in [0.2, 0.25) is 6.79 Å². The molecule has 0 aromatic heterocycles. The summed E-state index contributed by atoms with van der Waals surface area (Å²) in [5, 5.41) is 12.1. The third-order valence-electron chi connectivity index (χ3n) is 3.43. The summed E-state index contributed by atoms with van der Waals surface area (Å²) < 4.78 is 16.6. The Kier molecular flexibility index (Phi) is 4.92. The van der Waals surface area contributed by atoms with Crippen molar-refractivity contribution in [2.75, 3.05) is 20.4 Å². The second-order valence-electron chi connectivity index (χ2n) is 5.79. The van der Waals surface area contributed by atoms with E-state index in [1.165, 1.54) is 0 Å². The number of ether oxygens (including phenoxy) is 3. The molecule has 5 heteroatoms. The van der Waals surface area contributed by atoms with Crippen molar-refractivity contribution in [2.45, 2.75) is 33.2 Å². The third kappa shape index (κ3) is 4.02. The Labute approximate surface area is 125 Å². The highest BCUT2D eigenvalue weighted by Crippen LogP contribution is 2.38. The molecule has 0 aliphatic carbocycles. The van der Waals surface area contributed by atoms with Crippen LogP contribution in [0.4, 0.5) is 0 Å². The minimum Gasteiger partial charge on any atom is -0.493 e. The van der Waals surface area contributed by atoms with E-state index in [0.717, 1.165) is 35.7 Å². The highest BCUT2D eigenvalue weighted by atomic mass is 16.7. The highest BCUT2D eigenvalue weighted by Gasteiger charge is 2.19. The Hall–Kier alpha value is -1.93. The summed E-state index contributed by atoms with van der Waals surface area (Å²) in [6.45, 7) is 5.44. The lowest BCUT2D eigenvalue weighted by Gasteiger charge is -2.16. The second-order valence-corrected chi connectivity index (χ2v) is 5.79. The summed E-state index contributed by atoms with van der Waals surface area (Å²) in [7, 11) is 1.89. The Morgan fingerprint density at radius 1 is 1.33 bits per heavy atom. The number of rotatable bonds is 7. The van der Waals surface area contributed by atoms with Crippen molar-refractivity contribution >= 4 is 0 Å². The van der Waals surface area contributed by atoms with Crippen molar-refractivity contribution in [2.24, 2.45) is 5.41 Å². The molecule has 21 heavy (non-hydrogen) atoms. The molecule has 0 unspecified atom stereocenters. The number of nitrogens with one attached hydrogen (secondary N) is 1. The Morgan fingerprint density at radius 3 is 2.71 bits per heavy atom. The van der Waals surface area contributed by atoms with Crippen molar-refractivity contribution in [3.63, 3.8) is 0 Å². The maximum absolute atomic E-state index is 9.00. The van der Waals surface area contributed by atoms with Gasteiger partial charge in [-0.2, -0.15) is 5.26 Å². The van der Waals surface area contributed by atoms with Gasteiger partial charge in [0.15, 0.2) is 11.5 Å². The van der Waals surface area contributed by atoms with E-state index in [9.17, 15) is 0 Å². The fraction of sp³-hybridized carbons (Fsp3) is 0.562. The lowest BCUT2D eigenvalue weighted by molar-refractivity contribution is 0.173. The normalized spacial score (nSPS) is 13.0. The molecule has 0 amide bonds. The minimum absolute atomic E-state index is 0.258. The van der Waals surface area contributed by atoms with E-state index in [4.69, 9.17) is 19.5 Å². The SMILES string of the molecule is CNCc1cc2c(cc1OCCCC(C)(C)C#N)OCO2. The van der Waals surface area contributed by atoms with Crippen molar-refractivity contribution < 1.29 is 14.2 Å². The van der Waals surface area contributed by atoms with Crippen molar-refractivity contribution in [3.05, 3.63) is 17.7 Å². The fourth-order valence-electron chi connectivity index (χ4n) is 2.18.